The number of halogens is 2. The maximum atomic E-state index is 13.3. The normalized spacial score (nSPS) is 14.6. The molecule has 32 heavy (non-hydrogen) atoms. The van der Waals surface area contributed by atoms with Crippen LogP contribution in [0.5, 0.6) is 0 Å². The summed E-state index contributed by atoms with van der Waals surface area (Å²) < 4.78 is 13.3. The predicted molar refractivity (Wildman–Crippen MR) is 137 cm³/mol. The highest BCUT2D eigenvalue weighted by Gasteiger charge is 2.24. The van der Waals surface area contributed by atoms with Crippen LogP contribution < -0.4 is 21.3 Å². The molecule has 0 radical (unpaired) electrons. The van der Waals surface area contributed by atoms with E-state index in [0.29, 0.717) is 25.5 Å². The first-order chi connectivity index (χ1) is 15.1. The monoisotopic (exact) mass is 554 g/mol. The second-order valence-electron chi connectivity index (χ2n) is 7.65. The summed E-state index contributed by atoms with van der Waals surface area (Å²) in [6, 6.07) is 10.6. The molecule has 0 atom stereocenters. The molecule has 1 fully saturated rings. The molecule has 1 aliphatic rings. The fraction of sp³-hybridized carbons (Fsp3) is 0.435. The van der Waals surface area contributed by atoms with Gasteiger partial charge in [-0.3, -0.25) is 4.79 Å². The molecule has 2 aromatic rings. The van der Waals surface area contributed by atoms with Crippen LogP contribution in [0.4, 0.5) is 10.2 Å². The highest BCUT2D eigenvalue weighted by Crippen LogP contribution is 2.24. The molecule has 1 aromatic carbocycles. The molecule has 7 nitrogen and oxygen atoms in total. The van der Waals surface area contributed by atoms with Crippen LogP contribution in [0, 0.1) is 11.7 Å². The molecule has 0 bridgehead atoms. The third-order valence-corrected chi connectivity index (χ3v) is 5.41. The van der Waals surface area contributed by atoms with Gasteiger partial charge in [-0.05, 0) is 49.9 Å². The van der Waals surface area contributed by atoms with Gasteiger partial charge in [0.25, 0.3) is 0 Å². The zero-order valence-electron chi connectivity index (χ0n) is 18.4. The van der Waals surface area contributed by atoms with Crippen LogP contribution in [0.3, 0.4) is 0 Å². The molecule has 3 rings (SSSR count). The minimum absolute atomic E-state index is 0. The number of primary amides is 1. The highest BCUT2D eigenvalue weighted by molar-refractivity contribution is 14.0. The lowest BCUT2D eigenvalue weighted by molar-refractivity contribution is -0.122. The number of anilines is 1. The predicted octanol–water partition coefficient (Wildman–Crippen LogP) is 2.84. The SMILES string of the molecule is CCNC(=NCc1cccnc1N1CCC(C(N)=O)CC1)NCCc1cccc(F)c1.I. The van der Waals surface area contributed by atoms with E-state index in [1.165, 1.54) is 6.07 Å². The van der Waals surface area contributed by atoms with E-state index in [2.05, 4.69) is 20.5 Å². The van der Waals surface area contributed by atoms with E-state index < -0.39 is 0 Å². The van der Waals surface area contributed by atoms with Gasteiger partial charge in [0.15, 0.2) is 5.96 Å². The molecule has 9 heteroatoms. The van der Waals surface area contributed by atoms with Crippen molar-refractivity contribution in [3.8, 4) is 0 Å². The molecule has 4 N–H and O–H groups in total. The lowest BCUT2D eigenvalue weighted by atomic mass is 9.96. The Kier molecular flexibility index (Phi) is 10.6. The van der Waals surface area contributed by atoms with Crippen molar-refractivity contribution in [2.24, 2.45) is 16.6 Å². The Labute approximate surface area is 206 Å². The summed E-state index contributed by atoms with van der Waals surface area (Å²) in [7, 11) is 0. The molecule has 1 amide bonds. The van der Waals surface area contributed by atoms with E-state index in [-0.39, 0.29) is 41.6 Å². The maximum Gasteiger partial charge on any atom is 0.220 e. The van der Waals surface area contributed by atoms with Gasteiger partial charge >= 0.3 is 0 Å². The molecule has 1 aromatic heterocycles. The van der Waals surface area contributed by atoms with Crippen LogP contribution in [-0.2, 0) is 17.8 Å². The number of amides is 1. The van der Waals surface area contributed by atoms with Crippen LogP contribution in [0.15, 0.2) is 47.6 Å². The number of carbonyl (C=O) groups is 1. The number of hydrogen-bond acceptors (Lipinski definition) is 4. The number of hydrogen-bond donors (Lipinski definition) is 3. The molecular weight excluding hydrogens is 522 g/mol. The van der Waals surface area contributed by atoms with Crippen molar-refractivity contribution in [2.75, 3.05) is 31.1 Å². The summed E-state index contributed by atoms with van der Waals surface area (Å²) >= 11 is 0. The van der Waals surface area contributed by atoms with Gasteiger partial charge in [-0.2, -0.15) is 0 Å². The number of benzene rings is 1. The number of aromatic nitrogens is 1. The van der Waals surface area contributed by atoms with Gasteiger partial charge in [0, 0.05) is 43.9 Å². The number of carbonyl (C=O) groups excluding carboxylic acids is 1. The van der Waals surface area contributed by atoms with Gasteiger partial charge < -0.3 is 21.3 Å². The summed E-state index contributed by atoms with van der Waals surface area (Å²) in [5, 5.41) is 6.55. The number of nitrogens with two attached hydrogens (primary N) is 1. The lowest BCUT2D eigenvalue weighted by Gasteiger charge is -2.32. The summed E-state index contributed by atoms with van der Waals surface area (Å²) in [5.41, 5.74) is 7.42. The minimum Gasteiger partial charge on any atom is -0.369 e. The third-order valence-electron chi connectivity index (χ3n) is 5.41. The summed E-state index contributed by atoms with van der Waals surface area (Å²) in [4.78, 5) is 22.9. The molecule has 1 aliphatic heterocycles. The van der Waals surface area contributed by atoms with Crippen molar-refractivity contribution in [2.45, 2.75) is 32.7 Å². The first-order valence-corrected chi connectivity index (χ1v) is 10.8. The third kappa shape index (κ3) is 7.61. The molecular formula is C23H32FIN6O. The van der Waals surface area contributed by atoms with Crippen LogP contribution in [0.25, 0.3) is 0 Å². The van der Waals surface area contributed by atoms with Gasteiger partial charge in [-0.15, -0.1) is 24.0 Å². The number of nitrogens with zero attached hydrogens (tertiary/aromatic N) is 3. The Hall–Kier alpha value is -2.43. The average Bonchev–Trinajstić information content (AvgIpc) is 2.78. The number of aliphatic imine (C=N–C) groups is 1. The van der Waals surface area contributed by atoms with Crippen LogP contribution in [-0.4, -0.2) is 43.0 Å². The average molecular weight is 554 g/mol. The van der Waals surface area contributed by atoms with Crippen LogP contribution in [0.1, 0.15) is 30.9 Å². The Morgan fingerprint density at radius 1 is 1.25 bits per heavy atom. The second-order valence-corrected chi connectivity index (χ2v) is 7.65. The Morgan fingerprint density at radius 3 is 2.72 bits per heavy atom. The summed E-state index contributed by atoms with van der Waals surface area (Å²) in [6.07, 6.45) is 3.98. The number of nitrogens with one attached hydrogen (secondary N) is 2. The summed E-state index contributed by atoms with van der Waals surface area (Å²) in [6.45, 7) is 5.40. The Balaban J connectivity index is 0.00000363. The molecule has 2 heterocycles. The Morgan fingerprint density at radius 2 is 2.03 bits per heavy atom. The molecule has 0 saturated carbocycles. The topological polar surface area (TPSA) is 95.6 Å². The van der Waals surface area contributed by atoms with Gasteiger partial charge in [-0.25, -0.2) is 14.4 Å². The first kappa shape index (κ1) is 25.8. The van der Waals surface area contributed by atoms with Crippen molar-refractivity contribution in [3.05, 3.63) is 59.5 Å². The van der Waals surface area contributed by atoms with E-state index in [1.54, 1.807) is 18.3 Å². The lowest BCUT2D eigenvalue weighted by Crippen LogP contribution is -2.39. The highest BCUT2D eigenvalue weighted by atomic mass is 127. The smallest absolute Gasteiger partial charge is 0.220 e. The standard InChI is InChI=1S/C23H31FN6O.HI/c1-2-26-23(28-12-8-17-5-3-7-20(24)15-17)29-16-19-6-4-11-27-22(19)30-13-9-18(10-14-30)21(25)31;/h3-7,11,15,18H,2,8-10,12-14,16H2,1H3,(H2,25,31)(H2,26,28,29);1H. The molecule has 0 unspecified atom stereocenters. The second kappa shape index (κ2) is 13.2. The van der Waals surface area contributed by atoms with Crippen LogP contribution in [0.2, 0.25) is 0 Å². The van der Waals surface area contributed by atoms with Crippen molar-refractivity contribution in [1.29, 1.82) is 0 Å². The zero-order valence-corrected chi connectivity index (χ0v) is 20.7. The number of piperidine rings is 1. The van der Waals surface area contributed by atoms with E-state index in [9.17, 15) is 9.18 Å². The molecule has 0 spiro atoms. The van der Waals surface area contributed by atoms with Crippen molar-refractivity contribution < 1.29 is 9.18 Å². The van der Waals surface area contributed by atoms with Gasteiger partial charge in [-0.1, -0.05) is 18.2 Å². The van der Waals surface area contributed by atoms with E-state index in [4.69, 9.17) is 10.7 Å². The minimum atomic E-state index is -0.220. The van der Waals surface area contributed by atoms with E-state index in [1.807, 2.05) is 25.1 Å². The number of pyridine rings is 1. The number of guanidine groups is 1. The van der Waals surface area contributed by atoms with E-state index >= 15 is 0 Å². The molecule has 1 saturated heterocycles. The van der Waals surface area contributed by atoms with Crippen LogP contribution >= 0.6 is 24.0 Å². The van der Waals surface area contributed by atoms with Crippen molar-refractivity contribution >= 4 is 41.7 Å². The van der Waals surface area contributed by atoms with Gasteiger partial charge in [0.2, 0.25) is 5.91 Å². The van der Waals surface area contributed by atoms with Gasteiger partial charge in [0.1, 0.15) is 11.6 Å². The van der Waals surface area contributed by atoms with Crippen molar-refractivity contribution in [1.82, 2.24) is 15.6 Å². The quantitative estimate of drug-likeness (QED) is 0.265. The Bertz CT molecular complexity index is 902. The molecule has 174 valence electrons. The van der Waals surface area contributed by atoms with Gasteiger partial charge in [0.05, 0.1) is 6.54 Å². The fourth-order valence-electron chi connectivity index (χ4n) is 3.74. The zero-order chi connectivity index (χ0) is 22.1. The maximum absolute atomic E-state index is 13.3. The van der Waals surface area contributed by atoms with Crippen molar-refractivity contribution in [3.63, 3.8) is 0 Å². The summed E-state index contributed by atoms with van der Waals surface area (Å²) in [5.74, 6) is 1.13. The fourth-order valence-corrected chi connectivity index (χ4v) is 3.74. The molecule has 0 aliphatic carbocycles. The largest absolute Gasteiger partial charge is 0.369 e. The number of rotatable bonds is 8. The van der Waals surface area contributed by atoms with E-state index in [0.717, 1.165) is 49.4 Å². The first-order valence-electron chi connectivity index (χ1n) is 10.8.